The summed E-state index contributed by atoms with van der Waals surface area (Å²) < 4.78 is 19.0. The molecule has 0 fully saturated rings. The minimum atomic E-state index is -3.06. The average molecular weight is 320 g/mol. The molecule has 0 aliphatic carbocycles. The van der Waals surface area contributed by atoms with Crippen LogP contribution in [-0.4, -0.2) is 17.7 Å². The highest BCUT2D eigenvalue weighted by Crippen LogP contribution is 2.46. The molecule has 0 bridgehead atoms. The number of nitrogens with one attached hydrogen (secondary N) is 2. The molecule has 0 aliphatic rings. The van der Waals surface area contributed by atoms with Crippen LogP contribution in [0, 0.1) is 0 Å². The summed E-state index contributed by atoms with van der Waals surface area (Å²) in [5.74, 6) is 0. The Bertz CT molecular complexity index is 284. The topological polar surface area (TPSA) is 50.4 Å². The van der Waals surface area contributed by atoms with Crippen LogP contribution < -0.4 is 10.2 Å². The van der Waals surface area contributed by atoms with Gasteiger partial charge in [-0.2, -0.15) is 0 Å². The van der Waals surface area contributed by atoms with Crippen LogP contribution in [0.2, 0.25) is 0 Å². The lowest BCUT2D eigenvalue weighted by molar-refractivity contribution is 0.246. The Kier molecular flexibility index (Phi) is 9.34. The maximum absolute atomic E-state index is 13.4. The minimum absolute atomic E-state index is 0.126. The van der Waals surface area contributed by atoms with E-state index in [1.807, 2.05) is 6.92 Å². The van der Waals surface area contributed by atoms with Gasteiger partial charge in [0.25, 0.3) is 0 Å². The summed E-state index contributed by atoms with van der Waals surface area (Å²) >= 11 is 0. The molecule has 0 aromatic heterocycles. The molecular formula is C16H37N2O2P. The van der Waals surface area contributed by atoms with Gasteiger partial charge in [0, 0.05) is 11.1 Å². The standard InChI is InChI=1S/C16H37N2O2P/c1-8-15(9-2,10-3)17-21(19,20-14-7)18-16(11-4,12-5)13-6/h8-14H2,1-7H3,(H2,17,18,19). The second kappa shape index (κ2) is 9.29. The first kappa shape index (κ1) is 21.1. The van der Waals surface area contributed by atoms with Crippen molar-refractivity contribution in [3.8, 4) is 0 Å². The zero-order valence-corrected chi connectivity index (χ0v) is 16.1. The Morgan fingerprint density at radius 2 is 1.00 bits per heavy atom. The quantitative estimate of drug-likeness (QED) is 0.482. The lowest BCUT2D eigenvalue weighted by Gasteiger charge is -2.41. The normalized spacial score (nSPS) is 13.7. The van der Waals surface area contributed by atoms with E-state index in [2.05, 4.69) is 51.7 Å². The molecule has 5 heteroatoms. The molecule has 21 heavy (non-hydrogen) atoms. The number of hydrogen-bond donors (Lipinski definition) is 2. The highest BCUT2D eigenvalue weighted by atomic mass is 31.2. The summed E-state index contributed by atoms with van der Waals surface area (Å²) in [6.07, 6.45) is 5.64. The Morgan fingerprint density at radius 1 is 0.714 bits per heavy atom. The van der Waals surface area contributed by atoms with Gasteiger partial charge in [-0.1, -0.05) is 41.5 Å². The molecule has 0 aromatic carbocycles. The van der Waals surface area contributed by atoms with Crippen molar-refractivity contribution in [3.05, 3.63) is 0 Å². The van der Waals surface area contributed by atoms with Gasteiger partial charge >= 0.3 is 7.67 Å². The third-order valence-electron chi connectivity index (χ3n) is 5.14. The van der Waals surface area contributed by atoms with Crippen LogP contribution in [0.3, 0.4) is 0 Å². The van der Waals surface area contributed by atoms with Crippen molar-refractivity contribution in [2.45, 2.75) is 98.1 Å². The van der Waals surface area contributed by atoms with Gasteiger partial charge in [-0.25, -0.2) is 10.2 Å². The van der Waals surface area contributed by atoms with E-state index in [0.717, 1.165) is 38.5 Å². The van der Waals surface area contributed by atoms with Crippen molar-refractivity contribution in [1.82, 2.24) is 10.2 Å². The van der Waals surface area contributed by atoms with Crippen molar-refractivity contribution < 1.29 is 9.09 Å². The van der Waals surface area contributed by atoms with Gasteiger partial charge in [-0.15, -0.1) is 0 Å². The maximum Gasteiger partial charge on any atom is 0.341 e. The van der Waals surface area contributed by atoms with Gasteiger partial charge < -0.3 is 4.52 Å². The largest absolute Gasteiger partial charge is 0.341 e. The van der Waals surface area contributed by atoms with Crippen LogP contribution >= 0.6 is 7.67 Å². The first-order chi connectivity index (χ1) is 9.84. The van der Waals surface area contributed by atoms with Crippen molar-refractivity contribution in [1.29, 1.82) is 0 Å². The SMILES string of the molecule is CCOP(=O)(NC(CC)(CC)CC)NC(CC)(CC)CC. The van der Waals surface area contributed by atoms with E-state index in [1.54, 1.807) is 0 Å². The predicted molar refractivity (Wildman–Crippen MR) is 92.7 cm³/mol. The molecule has 0 rings (SSSR count). The molecule has 0 radical (unpaired) electrons. The van der Waals surface area contributed by atoms with Crippen LogP contribution in [0.25, 0.3) is 0 Å². The van der Waals surface area contributed by atoms with Crippen molar-refractivity contribution >= 4 is 7.67 Å². The Morgan fingerprint density at radius 3 is 1.19 bits per heavy atom. The van der Waals surface area contributed by atoms with Crippen molar-refractivity contribution in [2.75, 3.05) is 6.61 Å². The fraction of sp³-hybridized carbons (Fsp3) is 1.00. The van der Waals surface area contributed by atoms with E-state index < -0.39 is 7.67 Å². The summed E-state index contributed by atoms with van der Waals surface area (Å²) in [5.41, 5.74) is -0.253. The second-order valence-corrected chi connectivity index (χ2v) is 7.68. The molecule has 128 valence electrons. The lowest BCUT2D eigenvalue weighted by Crippen LogP contribution is -2.50. The fourth-order valence-electron chi connectivity index (χ4n) is 2.87. The highest BCUT2D eigenvalue weighted by Gasteiger charge is 2.39. The maximum atomic E-state index is 13.4. The molecule has 0 saturated heterocycles. The Hall–Kier alpha value is 0.110. The van der Waals surface area contributed by atoms with Crippen molar-refractivity contribution in [3.63, 3.8) is 0 Å². The molecule has 0 heterocycles. The third kappa shape index (κ3) is 5.67. The minimum Gasteiger partial charge on any atom is -0.306 e. The molecule has 0 unspecified atom stereocenters. The first-order valence-corrected chi connectivity index (χ1v) is 10.3. The summed E-state index contributed by atoms with van der Waals surface area (Å²) in [6, 6.07) is 0. The highest BCUT2D eigenvalue weighted by molar-refractivity contribution is 7.54. The smallest absolute Gasteiger partial charge is 0.306 e. The van der Waals surface area contributed by atoms with E-state index in [9.17, 15) is 4.57 Å². The molecular weight excluding hydrogens is 283 g/mol. The van der Waals surface area contributed by atoms with Gasteiger partial charge in [0.2, 0.25) is 0 Å². The summed E-state index contributed by atoms with van der Waals surface area (Å²) in [6.45, 7) is 15.2. The molecule has 2 N–H and O–H groups in total. The van der Waals surface area contributed by atoms with Gasteiger partial charge in [0.15, 0.2) is 0 Å². The molecule has 0 aliphatic heterocycles. The zero-order valence-electron chi connectivity index (χ0n) is 15.2. The van der Waals surface area contributed by atoms with Gasteiger partial charge in [-0.3, -0.25) is 4.57 Å². The van der Waals surface area contributed by atoms with Crippen LogP contribution in [0.4, 0.5) is 0 Å². The van der Waals surface area contributed by atoms with E-state index in [1.165, 1.54) is 0 Å². The molecule has 0 amide bonds. The Balaban J connectivity index is 5.38. The summed E-state index contributed by atoms with van der Waals surface area (Å²) in [5, 5.41) is 6.75. The first-order valence-electron chi connectivity index (χ1n) is 8.67. The van der Waals surface area contributed by atoms with Crippen LogP contribution in [-0.2, 0) is 9.09 Å². The molecule has 0 atom stereocenters. The van der Waals surface area contributed by atoms with Crippen LogP contribution in [0.5, 0.6) is 0 Å². The van der Waals surface area contributed by atoms with E-state index in [4.69, 9.17) is 4.52 Å². The monoisotopic (exact) mass is 320 g/mol. The molecule has 4 nitrogen and oxygen atoms in total. The Labute approximate surface area is 132 Å². The van der Waals surface area contributed by atoms with Crippen LogP contribution in [0.15, 0.2) is 0 Å². The number of hydrogen-bond acceptors (Lipinski definition) is 2. The second-order valence-electron chi connectivity index (χ2n) is 5.87. The predicted octanol–water partition coefficient (Wildman–Crippen LogP) is 5.25. The summed E-state index contributed by atoms with van der Waals surface area (Å²) in [7, 11) is -3.06. The molecule has 0 spiro atoms. The van der Waals surface area contributed by atoms with Gasteiger partial charge in [0.05, 0.1) is 6.61 Å². The van der Waals surface area contributed by atoms with Crippen molar-refractivity contribution in [2.24, 2.45) is 0 Å². The van der Waals surface area contributed by atoms with Gasteiger partial charge in [0.1, 0.15) is 0 Å². The lowest BCUT2D eigenvalue weighted by atomic mass is 9.91. The summed E-state index contributed by atoms with van der Waals surface area (Å²) in [4.78, 5) is 0. The molecule has 0 saturated carbocycles. The average Bonchev–Trinajstić information content (AvgIpc) is 2.51. The van der Waals surface area contributed by atoms with E-state index in [0.29, 0.717) is 6.61 Å². The number of rotatable bonds is 12. The molecule has 0 aromatic rings. The fourth-order valence-corrected chi connectivity index (χ4v) is 5.62. The zero-order chi connectivity index (χ0) is 16.6. The van der Waals surface area contributed by atoms with Gasteiger partial charge in [-0.05, 0) is 45.4 Å². The van der Waals surface area contributed by atoms with E-state index >= 15 is 0 Å². The third-order valence-corrected chi connectivity index (χ3v) is 7.30. The van der Waals surface area contributed by atoms with E-state index in [-0.39, 0.29) is 11.1 Å². The van der Waals surface area contributed by atoms with Crippen LogP contribution in [0.1, 0.15) is 87.0 Å².